The van der Waals surface area contributed by atoms with Gasteiger partial charge in [0.15, 0.2) is 25.5 Å². The highest BCUT2D eigenvalue weighted by atomic mass is 32.2. The van der Waals surface area contributed by atoms with E-state index in [1.54, 1.807) is 12.1 Å². The number of carbonyl (C=O) groups excluding carboxylic acids is 1. The summed E-state index contributed by atoms with van der Waals surface area (Å²) in [6.45, 7) is 3.84. The van der Waals surface area contributed by atoms with E-state index >= 15 is 0 Å². The molecule has 0 bridgehead atoms. The number of hydrogen-bond acceptors (Lipinski definition) is 5. The standard InChI is InChI=1S/C21H24O5S2/c1-3-5-11-27(23,24)15-7-9-17-18-10-8-16(28(25,26)12-6-4-2)14-20(18)21(22)19(17)13-15/h7-10,13-14H,3-6,11-12H2,1-2H3. The minimum Gasteiger partial charge on any atom is -0.289 e. The van der Waals surface area contributed by atoms with Gasteiger partial charge in [-0.3, -0.25) is 4.79 Å². The number of benzene rings is 2. The van der Waals surface area contributed by atoms with E-state index in [-0.39, 0.29) is 27.1 Å². The molecule has 3 rings (SSSR count). The number of hydrogen-bond donors (Lipinski definition) is 0. The first-order chi connectivity index (χ1) is 13.2. The lowest BCUT2D eigenvalue weighted by atomic mass is 10.1. The molecular weight excluding hydrogens is 396 g/mol. The third-order valence-electron chi connectivity index (χ3n) is 5.01. The topological polar surface area (TPSA) is 85.3 Å². The van der Waals surface area contributed by atoms with Crippen LogP contribution in [0.15, 0.2) is 46.2 Å². The van der Waals surface area contributed by atoms with Gasteiger partial charge in [0.1, 0.15) is 0 Å². The molecule has 0 fully saturated rings. The molecule has 1 aliphatic carbocycles. The molecular formula is C21H24O5S2. The molecule has 0 atom stereocenters. The van der Waals surface area contributed by atoms with Crippen LogP contribution in [0.1, 0.15) is 55.5 Å². The van der Waals surface area contributed by atoms with Gasteiger partial charge in [0.25, 0.3) is 0 Å². The van der Waals surface area contributed by atoms with E-state index in [0.29, 0.717) is 35.1 Å². The molecule has 150 valence electrons. The molecule has 0 heterocycles. The van der Waals surface area contributed by atoms with Gasteiger partial charge < -0.3 is 0 Å². The van der Waals surface area contributed by atoms with Crippen LogP contribution in [0.4, 0.5) is 0 Å². The van der Waals surface area contributed by atoms with Crippen molar-refractivity contribution < 1.29 is 21.6 Å². The van der Waals surface area contributed by atoms with E-state index in [0.717, 1.165) is 12.8 Å². The number of ketones is 1. The number of rotatable bonds is 8. The highest BCUT2D eigenvalue weighted by Gasteiger charge is 2.30. The van der Waals surface area contributed by atoms with Crippen molar-refractivity contribution in [2.75, 3.05) is 11.5 Å². The average Bonchev–Trinajstić information content (AvgIpc) is 2.96. The van der Waals surface area contributed by atoms with Gasteiger partial charge in [-0.25, -0.2) is 16.8 Å². The fourth-order valence-corrected chi connectivity index (χ4v) is 6.28. The van der Waals surface area contributed by atoms with E-state index in [1.807, 2.05) is 13.8 Å². The summed E-state index contributed by atoms with van der Waals surface area (Å²) in [7, 11) is -6.89. The van der Waals surface area contributed by atoms with Crippen molar-refractivity contribution in [3.63, 3.8) is 0 Å². The maximum Gasteiger partial charge on any atom is 0.194 e. The largest absolute Gasteiger partial charge is 0.289 e. The van der Waals surface area contributed by atoms with Gasteiger partial charge in [0.05, 0.1) is 21.3 Å². The Kier molecular flexibility index (Phi) is 5.77. The monoisotopic (exact) mass is 420 g/mol. The fraction of sp³-hybridized carbons (Fsp3) is 0.381. The predicted molar refractivity (Wildman–Crippen MR) is 109 cm³/mol. The molecule has 0 unspecified atom stereocenters. The van der Waals surface area contributed by atoms with Gasteiger partial charge in [0, 0.05) is 11.1 Å². The second-order valence-electron chi connectivity index (χ2n) is 7.09. The Morgan fingerprint density at radius 3 is 1.39 bits per heavy atom. The van der Waals surface area contributed by atoms with Crippen molar-refractivity contribution in [2.45, 2.75) is 49.3 Å². The van der Waals surface area contributed by atoms with Crippen LogP contribution in [0.3, 0.4) is 0 Å². The first kappa shape index (κ1) is 20.7. The molecule has 0 saturated carbocycles. The van der Waals surface area contributed by atoms with Crippen LogP contribution in [-0.2, 0) is 19.7 Å². The lowest BCUT2D eigenvalue weighted by Gasteiger charge is -2.07. The number of unbranched alkanes of at least 4 members (excludes halogenated alkanes) is 2. The Labute approximate surface area is 166 Å². The van der Waals surface area contributed by atoms with Crippen molar-refractivity contribution in [1.82, 2.24) is 0 Å². The van der Waals surface area contributed by atoms with Crippen molar-refractivity contribution in [3.8, 4) is 11.1 Å². The van der Waals surface area contributed by atoms with Crippen LogP contribution in [0.25, 0.3) is 11.1 Å². The summed E-state index contributed by atoms with van der Waals surface area (Å²) in [5, 5.41) is 0. The number of carbonyl (C=O) groups is 1. The van der Waals surface area contributed by atoms with Crippen LogP contribution in [0.5, 0.6) is 0 Å². The van der Waals surface area contributed by atoms with Crippen LogP contribution in [-0.4, -0.2) is 34.1 Å². The van der Waals surface area contributed by atoms with Crippen LogP contribution >= 0.6 is 0 Å². The lowest BCUT2D eigenvalue weighted by Crippen LogP contribution is -2.08. The van der Waals surface area contributed by atoms with Crippen LogP contribution in [0, 0.1) is 0 Å². The molecule has 1 aliphatic rings. The van der Waals surface area contributed by atoms with Crippen molar-refractivity contribution in [2.24, 2.45) is 0 Å². The molecule has 5 nitrogen and oxygen atoms in total. The molecule has 28 heavy (non-hydrogen) atoms. The van der Waals surface area contributed by atoms with E-state index < -0.39 is 19.7 Å². The van der Waals surface area contributed by atoms with Crippen LogP contribution in [0.2, 0.25) is 0 Å². The van der Waals surface area contributed by atoms with Gasteiger partial charge >= 0.3 is 0 Å². The third-order valence-corrected chi connectivity index (χ3v) is 8.61. The molecule has 7 heteroatoms. The smallest absolute Gasteiger partial charge is 0.194 e. The molecule has 0 aliphatic heterocycles. The minimum absolute atomic E-state index is 0.0449. The van der Waals surface area contributed by atoms with Gasteiger partial charge in [-0.2, -0.15) is 0 Å². The summed E-state index contributed by atoms with van der Waals surface area (Å²) >= 11 is 0. The maximum atomic E-state index is 12.9. The minimum atomic E-state index is -3.44. The fourth-order valence-electron chi connectivity index (χ4n) is 3.33. The molecule has 0 N–H and O–H groups in total. The molecule has 0 aromatic heterocycles. The summed E-state index contributed by atoms with van der Waals surface area (Å²) in [5.41, 5.74) is 1.92. The zero-order valence-electron chi connectivity index (χ0n) is 16.1. The average molecular weight is 421 g/mol. The summed E-state index contributed by atoms with van der Waals surface area (Å²) in [6, 6.07) is 9.18. The molecule has 2 aromatic rings. The van der Waals surface area contributed by atoms with Crippen LogP contribution < -0.4 is 0 Å². The van der Waals surface area contributed by atoms with Gasteiger partial charge in [-0.05, 0) is 48.2 Å². The highest BCUT2D eigenvalue weighted by Crippen LogP contribution is 2.39. The Hall–Kier alpha value is -1.99. The summed E-state index contributed by atoms with van der Waals surface area (Å²) in [4.78, 5) is 13.2. The Morgan fingerprint density at radius 1 is 0.643 bits per heavy atom. The normalized spacial score (nSPS) is 13.4. The Balaban J connectivity index is 2.01. The first-order valence-electron chi connectivity index (χ1n) is 9.50. The van der Waals surface area contributed by atoms with Crippen molar-refractivity contribution in [1.29, 1.82) is 0 Å². The van der Waals surface area contributed by atoms with E-state index in [9.17, 15) is 21.6 Å². The second-order valence-corrected chi connectivity index (χ2v) is 11.3. The van der Waals surface area contributed by atoms with E-state index in [4.69, 9.17) is 0 Å². The molecule has 0 spiro atoms. The number of fused-ring (bicyclic) bond motifs is 3. The Bertz CT molecular complexity index is 1040. The summed E-state index contributed by atoms with van der Waals surface area (Å²) in [6.07, 6.45) is 2.66. The Morgan fingerprint density at radius 2 is 1.04 bits per heavy atom. The third kappa shape index (κ3) is 3.78. The molecule has 0 radical (unpaired) electrons. The van der Waals surface area contributed by atoms with Gasteiger partial charge in [0.2, 0.25) is 0 Å². The molecule has 0 amide bonds. The van der Waals surface area contributed by atoms with Crippen molar-refractivity contribution in [3.05, 3.63) is 47.5 Å². The van der Waals surface area contributed by atoms with E-state index in [1.165, 1.54) is 24.3 Å². The van der Waals surface area contributed by atoms with Gasteiger partial charge in [-0.1, -0.05) is 38.8 Å². The molecule has 2 aromatic carbocycles. The lowest BCUT2D eigenvalue weighted by molar-refractivity contribution is 0.104. The zero-order valence-corrected chi connectivity index (χ0v) is 17.7. The summed E-state index contributed by atoms with van der Waals surface area (Å²) in [5.74, 6) is -0.239. The SMILES string of the molecule is CCCCS(=O)(=O)c1ccc2c(c1)C(=O)c1cc(S(=O)(=O)CCCC)ccc1-2. The van der Waals surface area contributed by atoms with E-state index in [2.05, 4.69) is 0 Å². The molecule has 0 saturated heterocycles. The van der Waals surface area contributed by atoms with Crippen molar-refractivity contribution >= 4 is 25.5 Å². The number of sulfone groups is 2. The second kappa shape index (κ2) is 7.79. The maximum absolute atomic E-state index is 12.9. The first-order valence-corrected chi connectivity index (χ1v) is 12.8. The quantitative estimate of drug-likeness (QED) is 0.549. The predicted octanol–water partition coefficient (Wildman–Crippen LogP) is 4.05. The summed E-state index contributed by atoms with van der Waals surface area (Å²) < 4.78 is 49.9. The van der Waals surface area contributed by atoms with Gasteiger partial charge in [-0.15, -0.1) is 0 Å². The zero-order chi connectivity index (χ0) is 20.5. The highest BCUT2D eigenvalue weighted by molar-refractivity contribution is 7.91.